The molecule has 0 aliphatic heterocycles. The summed E-state index contributed by atoms with van der Waals surface area (Å²) in [7, 11) is 0. The van der Waals surface area contributed by atoms with Crippen LogP contribution in [0.4, 0.5) is 5.95 Å². The molecule has 0 aromatic carbocycles. The summed E-state index contributed by atoms with van der Waals surface area (Å²) in [5, 5.41) is 3.18. The van der Waals surface area contributed by atoms with Gasteiger partial charge in [0.2, 0.25) is 5.95 Å². The van der Waals surface area contributed by atoms with Crippen LogP contribution in [-0.4, -0.2) is 27.0 Å². The first kappa shape index (κ1) is 12.4. The third-order valence-corrected chi connectivity index (χ3v) is 2.61. The van der Waals surface area contributed by atoms with Gasteiger partial charge >= 0.3 is 0 Å². The number of rotatable bonds is 4. The van der Waals surface area contributed by atoms with Crippen LogP contribution in [0.2, 0.25) is 0 Å². The zero-order chi connectivity index (χ0) is 13.0. The van der Waals surface area contributed by atoms with Gasteiger partial charge in [0.05, 0.1) is 0 Å². The third-order valence-electron chi connectivity index (χ3n) is 2.61. The lowest BCUT2D eigenvalue weighted by atomic mass is 10.1. The lowest BCUT2D eigenvalue weighted by Gasteiger charge is -2.23. The van der Waals surface area contributed by atoms with Crippen LogP contribution in [0.15, 0.2) is 36.9 Å². The molecule has 2 aromatic rings. The fourth-order valence-corrected chi connectivity index (χ4v) is 1.43. The van der Waals surface area contributed by atoms with Crippen molar-refractivity contribution in [1.82, 2.24) is 15.0 Å². The number of hydrogen-bond donors (Lipinski definition) is 2. The predicted molar refractivity (Wildman–Crippen MR) is 72.0 cm³/mol. The highest BCUT2D eigenvalue weighted by Gasteiger charge is 2.15. The zero-order valence-corrected chi connectivity index (χ0v) is 10.6. The Morgan fingerprint density at radius 3 is 2.44 bits per heavy atom. The molecule has 0 amide bonds. The molecule has 2 rings (SSSR count). The molecule has 0 radical (unpaired) electrons. The second-order valence-electron chi connectivity index (χ2n) is 4.75. The van der Waals surface area contributed by atoms with Gasteiger partial charge in [-0.3, -0.25) is 4.98 Å². The number of hydrogen-bond acceptors (Lipinski definition) is 5. The van der Waals surface area contributed by atoms with Crippen molar-refractivity contribution in [2.45, 2.75) is 19.4 Å². The summed E-state index contributed by atoms with van der Waals surface area (Å²) in [6.45, 7) is 4.53. The minimum atomic E-state index is -0.212. The topological polar surface area (TPSA) is 76.7 Å². The van der Waals surface area contributed by atoms with E-state index in [1.165, 1.54) is 0 Å². The van der Waals surface area contributed by atoms with E-state index in [1.807, 2.05) is 26.0 Å². The summed E-state index contributed by atoms with van der Waals surface area (Å²) < 4.78 is 0. The van der Waals surface area contributed by atoms with Gasteiger partial charge in [0, 0.05) is 48.0 Å². The highest BCUT2D eigenvalue weighted by Crippen LogP contribution is 2.17. The van der Waals surface area contributed by atoms with E-state index >= 15 is 0 Å². The van der Waals surface area contributed by atoms with Crippen molar-refractivity contribution in [2.24, 2.45) is 5.73 Å². The van der Waals surface area contributed by atoms with E-state index in [0.29, 0.717) is 12.5 Å². The predicted octanol–water partition coefficient (Wildman–Crippen LogP) is 1.69. The van der Waals surface area contributed by atoms with Crippen molar-refractivity contribution in [3.63, 3.8) is 0 Å². The van der Waals surface area contributed by atoms with Crippen molar-refractivity contribution in [3.05, 3.63) is 36.9 Å². The van der Waals surface area contributed by atoms with Crippen molar-refractivity contribution in [3.8, 4) is 11.1 Å². The van der Waals surface area contributed by atoms with Crippen LogP contribution < -0.4 is 11.1 Å². The summed E-state index contributed by atoms with van der Waals surface area (Å²) in [5.41, 5.74) is 7.38. The summed E-state index contributed by atoms with van der Waals surface area (Å²) in [6, 6.07) is 3.86. The fraction of sp³-hybridized carbons (Fsp3) is 0.308. The van der Waals surface area contributed by atoms with Crippen LogP contribution >= 0.6 is 0 Å². The number of aromatic nitrogens is 3. The van der Waals surface area contributed by atoms with Crippen molar-refractivity contribution in [2.75, 3.05) is 11.9 Å². The molecular formula is C13H17N5. The first-order valence-corrected chi connectivity index (χ1v) is 5.81. The van der Waals surface area contributed by atoms with Gasteiger partial charge in [0.25, 0.3) is 0 Å². The largest absolute Gasteiger partial charge is 0.348 e. The van der Waals surface area contributed by atoms with Crippen LogP contribution in [0.25, 0.3) is 11.1 Å². The van der Waals surface area contributed by atoms with E-state index in [9.17, 15) is 0 Å². The Balaban J connectivity index is 2.16. The SMILES string of the molecule is CC(C)(CN)Nc1ncc(-c2cccnc2)cn1. The van der Waals surface area contributed by atoms with Gasteiger partial charge in [-0.05, 0) is 19.9 Å². The van der Waals surface area contributed by atoms with Crippen molar-refractivity contribution in [1.29, 1.82) is 0 Å². The Labute approximate surface area is 106 Å². The average Bonchev–Trinajstić information content (AvgIpc) is 2.40. The van der Waals surface area contributed by atoms with Crippen LogP contribution in [0.5, 0.6) is 0 Å². The van der Waals surface area contributed by atoms with Crippen LogP contribution in [0.1, 0.15) is 13.8 Å². The Bertz CT molecular complexity index is 493. The second kappa shape index (κ2) is 5.10. The van der Waals surface area contributed by atoms with Gasteiger partial charge < -0.3 is 11.1 Å². The summed E-state index contributed by atoms with van der Waals surface area (Å²) in [5.74, 6) is 0.582. The van der Waals surface area contributed by atoms with Crippen LogP contribution in [-0.2, 0) is 0 Å². The average molecular weight is 243 g/mol. The Morgan fingerprint density at radius 1 is 1.17 bits per heavy atom. The molecule has 2 aromatic heterocycles. The molecule has 94 valence electrons. The first-order chi connectivity index (χ1) is 8.61. The maximum atomic E-state index is 5.65. The Hall–Kier alpha value is -2.01. The van der Waals surface area contributed by atoms with Gasteiger partial charge in [-0.1, -0.05) is 6.07 Å². The lowest BCUT2D eigenvalue weighted by molar-refractivity contribution is 0.574. The summed E-state index contributed by atoms with van der Waals surface area (Å²) in [6.07, 6.45) is 7.08. The standard InChI is InChI=1S/C13H17N5/c1-13(2,9-14)18-12-16-7-11(8-17-12)10-4-3-5-15-6-10/h3-8H,9,14H2,1-2H3,(H,16,17,18). The Morgan fingerprint density at radius 2 is 1.89 bits per heavy atom. The van der Waals surface area contributed by atoms with Gasteiger partial charge in [0.1, 0.15) is 0 Å². The number of nitrogens with zero attached hydrogens (tertiary/aromatic N) is 3. The molecule has 0 bridgehead atoms. The molecule has 0 spiro atoms. The molecule has 0 aliphatic carbocycles. The molecule has 5 heteroatoms. The molecule has 5 nitrogen and oxygen atoms in total. The summed E-state index contributed by atoms with van der Waals surface area (Å²) >= 11 is 0. The quantitative estimate of drug-likeness (QED) is 0.854. The van der Waals surface area contributed by atoms with Gasteiger partial charge in [-0.15, -0.1) is 0 Å². The zero-order valence-electron chi connectivity index (χ0n) is 10.6. The molecule has 18 heavy (non-hydrogen) atoms. The van der Waals surface area contributed by atoms with Gasteiger partial charge in [-0.2, -0.15) is 0 Å². The van der Waals surface area contributed by atoms with Crippen LogP contribution in [0, 0.1) is 0 Å². The highest BCUT2D eigenvalue weighted by molar-refractivity contribution is 5.60. The van der Waals surface area contributed by atoms with E-state index in [2.05, 4.69) is 20.3 Å². The van der Waals surface area contributed by atoms with Crippen molar-refractivity contribution >= 4 is 5.95 Å². The molecule has 0 atom stereocenters. The minimum absolute atomic E-state index is 0.212. The monoisotopic (exact) mass is 243 g/mol. The molecule has 2 heterocycles. The molecule has 0 fully saturated rings. The maximum absolute atomic E-state index is 5.65. The smallest absolute Gasteiger partial charge is 0.223 e. The number of nitrogens with two attached hydrogens (primary N) is 1. The third kappa shape index (κ3) is 3.01. The second-order valence-corrected chi connectivity index (χ2v) is 4.75. The molecule has 3 N–H and O–H groups in total. The van der Waals surface area contributed by atoms with Gasteiger partial charge in [0.15, 0.2) is 0 Å². The number of anilines is 1. The molecule has 0 saturated heterocycles. The highest BCUT2D eigenvalue weighted by atomic mass is 15.1. The fourth-order valence-electron chi connectivity index (χ4n) is 1.43. The number of nitrogens with one attached hydrogen (secondary N) is 1. The van der Waals surface area contributed by atoms with E-state index in [0.717, 1.165) is 11.1 Å². The number of pyridine rings is 1. The van der Waals surface area contributed by atoms with Crippen molar-refractivity contribution < 1.29 is 0 Å². The van der Waals surface area contributed by atoms with E-state index < -0.39 is 0 Å². The Kier molecular flexibility index (Phi) is 3.53. The van der Waals surface area contributed by atoms with E-state index in [-0.39, 0.29) is 5.54 Å². The van der Waals surface area contributed by atoms with Crippen LogP contribution in [0.3, 0.4) is 0 Å². The maximum Gasteiger partial charge on any atom is 0.223 e. The normalized spacial score (nSPS) is 11.3. The van der Waals surface area contributed by atoms with Gasteiger partial charge in [-0.25, -0.2) is 9.97 Å². The molecule has 0 saturated carbocycles. The lowest BCUT2D eigenvalue weighted by Crippen LogP contribution is -2.39. The summed E-state index contributed by atoms with van der Waals surface area (Å²) in [4.78, 5) is 12.6. The molecular weight excluding hydrogens is 226 g/mol. The minimum Gasteiger partial charge on any atom is -0.348 e. The molecule has 0 aliphatic rings. The van der Waals surface area contributed by atoms with E-state index in [1.54, 1.807) is 24.8 Å². The van der Waals surface area contributed by atoms with E-state index in [4.69, 9.17) is 5.73 Å². The molecule has 0 unspecified atom stereocenters. The first-order valence-electron chi connectivity index (χ1n) is 5.81.